The van der Waals surface area contributed by atoms with Crippen LogP contribution in [0.1, 0.15) is 31.1 Å². The molecule has 1 saturated heterocycles. The molecule has 0 bridgehead atoms. The minimum atomic E-state index is 0.364. The SMILES string of the molecule is c1cc(-c2nc(C3CCCC[NH2+]3)no2)ccn1. The van der Waals surface area contributed by atoms with Crippen molar-refractivity contribution in [3.8, 4) is 11.5 Å². The third-order valence-corrected chi connectivity index (χ3v) is 3.12. The molecule has 5 heteroatoms. The molecule has 1 aliphatic heterocycles. The van der Waals surface area contributed by atoms with E-state index in [9.17, 15) is 0 Å². The molecule has 1 unspecified atom stereocenters. The van der Waals surface area contributed by atoms with Crippen LogP contribution in [0.4, 0.5) is 0 Å². The zero-order chi connectivity index (χ0) is 11.5. The monoisotopic (exact) mass is 231 g/mol. The second-order valence-corrected chi connectivity index (χ2v) is 4.32. The first-order chi connectivity index (χ1) is 8.43. The second-order valence-electron chi connectivity index (χ2n) is 4.32. The minimum absolute atomic E-state index is 0.364. The maximum Gasteiger partial charge on any atom is 0.258 e. The van der Waals surface area contributed by atoms with Crippen molar-refractivity contribution in [2.75, 3.05) is 6.54 Å². The maximum atomic E-state index is 5.30. The molecule has 2 N–H and O–H groups in total. The average molecular weight is 231 g/mol. The summed E-state index contributed by atoms with van der Waals surface area (Å²) in [5.41, 5.74) is 0.926. The van der Waals surface area contributed by atoms with Crippen LogP contribution >= 0.6 is 0 Å². The van der Waals surface area contributed by atoms with E-state index in [1.807, 2.05) is 12.1 Å². The molecule has 0 aliphatic carbocycles. The van der Waals surface area contributed by atoms with Crippen molar-refractivity contribution in [1.82, 2.24) is 15.1 Å². The molecule has 0 radical (unpaired) electrons. The molecule has 1 aliphatic rings. The normalized spacial score (nSPS) is 20.4. The fourth-order valence-electron chi connectivity index (χ4n) is 2.18. The fourth-order valence-corrected chi connectivity index (χ4v) is 2.18. The fraction of sp³-hybridized carbons (Fsp3) is 0.417. The van der Waals surface area contributed by atoms with Crippen LogP contribution in [0.2, 0.25) is 0 Å². The van der Waals surface area contributed by atoms with Crippen LogP contribution < -0.4 is 5.32 Å². The average Bonchev–Trinajstić information content (AvgIpc) is 2.90. The van der Waals surface area contributed by atoms with Crippen molar-refractivity contribution in [1.29, 1.82) is 0 Å². The van der Waals surface area contributed by atoms with Crippen molar-refractivity contribution < 1.29 is 9.84 Å². The Morgan fingerprint density at radius 2 is 2.12 bits per heavy atom. The van der Waals surface area contributed by atoms with E-state index in [0.717, 1.165) is 24.4 Å². The summed E-state index contributed by atoms with van der Waals surface area (Å²) in [5, 5.41) is 6.37. The Morgan fingerprint density at radius 3 is 2.88 bits per heavy atom. The third kappa shape index (κ3) is 2.19. The van der Waals surface area contributed by atoms with Gasteiger partial charge >= 0.3 is 0 Å². The van der Waals surface area contributed by atoms with E-state index in [1.54, 1.807) is 12.4 Å². The van der Waals surface area contributed by atoms with Crippen LogP contribution in [0.5, 0.6) is 0 Å². The number of piperidine rings is 1. The van der Waals surface area contributed by atoms with Crippen LogP contribution in [0.15, 0.2) is 29.0 Å². The molecular formula is C12H15N4O+. The molecule has 3 rings (SSSR count). The molecule has 0 aromatic carbocycles. The molecule has 1 fully saturated rings. The summed E-state index contributed by atoms with van der Waals surface area (Å²) >= 11 is 0. The quantitative estimate of drug-likeness (QED) is 0.834. The number of pyridine rings is 1. The molecule has 2 aromatic rings. The summed E-state index contributed by atoms with van der Waals surface area (Å²) in [7, 11) is 0. The van der Waals surface area contributed by atoms with Crippen LogP contribution in [0, 0.1) is 0 Å². The van der Waals surface area contributed by atoms with Gasteiger partial charge < -0.3 is 9.84 Å². The van der Waals surface area contributed by atoms with Gasteiger partial charge in [0.05, 0.1) is 6.54 Å². The Balaban J connectivity index is 1.83. The number of rotatable bonds is 2. The third-order valence-electron chi connectivity index (χ3n) is 3.12. The van der Waals surface area contributed by atoms with E-state index in [0.29, 0.717) is 11.9 Å². The van der Waals surface area contributed by atoms with Crippen LogP contribution in [-0.4, -0.2) is 21.7 Å². The lowest BCUT2D eigenvalue weighted by Crippen LogP contribution is -2.86. The molecular weight excluding hydrogens is 216 g/mol. The molecule has 0 saturated carbocycles. The number of aromatic nitrogens is 3. The minimum Gasteiger partial charge on any atom is -0.337 e. The Kier molecular flexibility index (Phi) is 2.83. The molecule has 88 valence electrons. The van der Waals surface area contributed by atoms with E-state index in [4.69, 9.17) is 4.52 Å². The lowest BCUT2D eigenvalue weighted by atomic mass is 10.0. The Bertz CT molecular complexity index is 476. The lowest BCUT2D eigenvalue weighted by Gasteiger charge is -2.16. The van der Waals surface area contributed by atoms with Crippen LogP contribution in [-0.2, 0) is 0 Å². The molecule has 0 amide bonds. The Hall–Kier alpha value is -1.75. The van der Waals surface area contributed by atoms with Gasteiger partial charge in [-0.25, -0.2) is 0 Å². The van der Waals surface area contributed by atoms with Crippen molar-refractivity contribution in [3.05, 3.63) is 30.4 Å². The topological polar surface area (TPSA) is 68.4 Å². The van der Waals surface area contributed by atoms with E-state index in [1.165, 1.54) is 12.8 Å². The van der Waals surface area contributed by atoms with Gasteiger partial charge in [-0.05, 0) is 25.0 Å². The highest BCUT2D eigenvalue weighted by Gasteiger charge is 2.24. The van der Waals surface area contributed by atoms with Gasteiger partial charge in [-0.2, -0.15) is 4.98 Å². The smallest absolute Gasteiger partial charge is 0.258 e. The molecule has 5 nitrogen and oxygen atoms in total. The highest BCUT2D eigenvalue weighted by molar-refractivity contribution is 5.50. The number of nitrogens with two attached hydrogens (primary N) is 1. The largest absolute Gasteiger partial charge is 0.337 e. The number of nitrogens with zero attached hydrogens (tertiary/aromatic N) is 3. The molecule has 17 heavy (non-hydrogen) atoms. The second kappa shape index (κ2) is 4.63. The summed E-state index contributed by atoms with van der Waals surface area (Å²) in [6.45, 7) is 1.16. The number of hydrogen-bond acceptors (Lipinski definition) is 4. The van der Waals surface area contributed by atoms with E-state index >= 15 is 0 Å². The molecule has 0 spiro atoms. The van der Waals surface area contributed by atoms with E-state index < -0.39 is 0 Å². The van der Waals surface area contributed by atoms with E-state index in [-0.39, 0.29) is 0 Å². The van der Waals surface area contributed by atoms with Gasteiger partial charge in [-0.15, -0.1) is 0 Å². The highest BCUT2D eigenvalue weighted by Crippen LogP contribution is 2.20. The van der Waals surface area contributed by atoms with Gasteiger partial charge in [0.1, 0.15) is 6.04 Å². The van der Waals surface area contributed by atoms with Gasteiger partial charge in [-0.3, -0.25) is 4.98 Å². The van der Waals surface area contributed by atoms with Crippen molar-refractivity contribution in [3.63, 3.8) is 0 Å². The first-order valence-corrected chi connectivity index (χ1v) is 6.01. The van der Waals surface area contributed by atoms with Crippen LogP contribution in [0.25, 0.3) is 11.5 Å². The number of hydrogen-bond donors (Lipinski definition) is 1. The van der Waals surface area contributed by atoms with Gasteiger partial charge in [0.2, 0.25) is 5.82 Å². The summed E-state index contributed by atoms with van der Waals surface area (Å²) < 4.78 is 5.30. The number of quaternary nitrogens is 1. The summed E-state index contributed by atoms with van der Waals surface area (Å²) in [6.07, 6.45) is 7.12. The van der Waals surface area contributed by atoms with Gasteiger partial charge in [0, 0.05) is 24.4 Å². The standard InChI is InChI=1S/C12H14N4O/c1-2-6-14-10(3-1)11-15-12(17-16-11)9-4-7-13-8-5-9/h4-5,7-8,10,14H,1-3,6H2/p+1. The molecule has 1 atom stereocenters. The van der Waals surface area contributed by atoms with Gasteiger partial charge in [0.15, 0.2) is 0 Å². The van der Waals surface area contributed by atoms with E-state index in [2.05, 4.69) is 20.4 Å². The molecule has 2 aromatic heterocycles. The Labute approximate surface area is 99.3 Å². The predicted molar refractivity (Wildman–Crippen MR) is 60.9 cm³/mol. The Morgan fingerprint density at radius 1 is 1.24 bits per heavy atom. The zero-order valence-electron chi connectivity index (χ0n) is 9.54. The van der Waals surface area contributed by atoms with Gasteiger partial charge in [-0.1, -0.05) is 5.16 Å². The van der Waals surface area contributed by atoms with Crippen LogP contribution in [0.3, 0.4) is 0 Å². The maximum absolute atomic E-state index is 5.30. The van der Waals surface area contributed by atoms with Gasteiger partial charge in [0.25, 0.3) is 5.89 Å². The van der Waals surface area contributed by atoms with Crippen molar-refractivity contribution in [2.45, 2.75) is 25.3 Å². The zero-order valence-corrected chi connectivity index (χ0v) is 9.54. The first-order valence-electron chi connectivity index (χ1n) is 6.01. The highest BCUT2D eigenvalue weighted by atomic mass is 16.5. The summed E-state index contributed by atoms with van der Waals surface area (Å²) in [6, 6.07) is 4.12. The summed E-state index contributed by atoms with van der Waals surface area (Å²) in [5.74, 6) is 1.40. The summed E-state index contributed by atoms with van der Waals surface area (Å²) in [4.78, 5) is 8.44. The predicted octanol–water partition coefficient (Wildman–Crippen LogP) is 0.920. The van der Waals surface area contributed by atoms with Crippen molar-refractivity contribution in [2.24, 2.45) is 0 Å². The lowest BCUT2D eigenvalue weighted by molar-refractivity contribution is -0.705. The van der Waals surface area contributed by atoms with Crippen molar-refractivity contribution >= 4 is 0 Å². The molecule has 3 heterocycles. The first kappa shape index (κ1) is 10.4.